The molecule has 0 aromatic rings. The average molecular weight is 510 g/mol. The van der Waals surface area contributed by atoms with E-state index in [9.17, 15) is 4.79 Å². The predicted octanol–water partition coefficient (Wildman–Crippen LogP) is 5.97. The highest BCUT2D eigenvalue weighted by Gasteiger charge is 2.51. The van der Waals surface area contributed by atoms with Crippen LogP contribution in [-0.4, -0.2) is 43.1 Å². The van der Waals surface area contributed by atoms with Crippen LogP contribution in [0.2, 0.25) is 18.1 Å². The molecule has 6 heteroatoms. The zero-order valence-corrected chi connectivity index (χ0v) is 22.2. The molecule has 0 aromatic heterocycles. The molecule has 1 heterocycles. The molecular formula is C21H40INO3Si. The first-order valence-corrected chi connectivity index (χ1v) is 14.1. The molecule has 0 N–H and O–H groups in total. The Morgan fingerprint density at radius 3 is 2.19 bits per heavy atom. The van der Waals surface area contributed by atoms with E-state index in [0.29, 0.717) is 0 Å². The number of amides is 1. The smallest absolute Gasteiger partial charge is 0.222 e. The summed E-state index contributed by atoms with van der Waals surface area (Å²) in [6, 6.07) is 0.0220. The maximum atomic E-state index is 12.2. The van der Waals surface area contributed by atoms with Crippen molar-refractivity contribution in [2.24, 2.45) is 11.8 Å². The summed E-state index contributed by atoms with van der Waals surface area (Å²) >= 11 is 2.27. The molecule has 0 aliphatic carbocycles. The number of carbonyl (C=O) groups excluding carboxylic acids is 1. The molecule has 1 fully saturated rings. The van der Waals surface area contributed by atoms with Gasteiger partial charge in [-0.3, -0.25) is 4.79 Å². The highest BCUT2D eigenvalue weighted by Crippen LogP contribution is 2.42. The minimum atomic E-state index is -1.94. The first-order chi connectivity index (χ1) is 12.1. The van der Waals surface area contributed by atoms with Crippen molar-refractivity contribution in [2.45, 2.75) is 104 Å². The summed E-state index contributed by atoms with van der Waals surface area (Å²) in [5.41, 5.74) is -0.589. The van der Waals surface area contributed by atoms with Gasteiger partial charge in [0.05, 0.1) is 18.2 Å². The Hall–Kier alpha value is 0.0769. The van der Waals surface area contributed by atoms with Gasteiger partial charge in [-0.15, -0.1) is 0 Å². The molecule has 1 aliphatic heterocycles. The van der Waals surface area contributed by atoms with Gasteiger partial charge in [-0.05, 0) is 43.0 Å². The number of halogens is 1. The molecule has 5 atom stereocenters. The largest absolute Gasteiger partial charge is 0.413 e. The van der Waals surface area contributed by atoms with E-state index in [1.165, 1.54) is 0 Å². The van der Waals surface area contributed by atoms with E-state index in [2.05, 4.69) is 87.4 Å². The fourth-order valence-electron chi connectivity index (χ4n) is 3.96. The van der Waals surface area contributed by atoms with Gasteiger partial charge in [-0.2, -0.15) is 0 Å². The maximum absolute atomic E-state index is 12.2. The Morgan fingerprint density at radius 1 is 1.30 bits per heavy atom. The third-order valence-electron chi connectivity index (χ3n) is 6.39. The lowest BCUT2D eigenvalue weighted by Gasteiger charge is -2.43. The molecule has 1 amide bonds. The van der Waals surface area contributed by atoms with Crippen LogP contribution in [0.25, 0.3) is 0 Å². The molecule has 158 valence electrons. The van der Waals surface area contributed by atoms with E-state index >= 15 is 0 Å². The molecule has 4 nitrogen and oxygen atoms in total. The van der Waals surface area contributed by atoms with Gasteiger partial charge < -0.3 is 14.1 Å². The zero-order chi connectivity index (χ0) is 21.4. The third kappa shape index (κ3) is 5.57. The molecule has 0 aromatic carbocycles. The molecule has 1 saturated heterocycles. The number of carbonyl (C=O) groups is 1. The standard InChI is InChI=1S/C21H40INO3Si/c1-14(12-13-22)18(26-27(10,11)20(5,6)7)15(2)19-16(3)23(17(4)24)21(8,9)25-19/h12-16,18-19H,1-11H3/b13-12+/t14-,15+,16-,18-,19+/m1/s1. The van der Waals surface area contributed by atoms with Crippen molar-refractivity contribution < 1.29 is 14.0 Å². The van der Waals surface area contributed by atoms with Crippen molar-refractivity contribution in [1.29, 1.82) is 0 Å². The second-order valence-electron chi connectivity index (χ2n) is 10.0. The summed E-state index contributed by atoms with van der Waals surface area (Å²) in [7, 11) is -1.94. The Balaban J connectivity index is 3.21. The van der Waals surface area contributed by atoms with Crippen LogP contribution in [0.3, 0.4) is 0 Å². The fraction of sp³-hybridized carbons (Fsp3) is 0.857. The van der Waals surface area contributed by atoms with Crippen LogP contribution in [0.5, 0.6) is 0 Å². The van der Waals surface area contributed by atoms with Crippen LogP contribution in [0, 0.1) is 11.8 Å². The Labute approximate surface area is 181 Å². The predicted molar refractivity (Wildman–Crippen MR) is 124 cm³/mol. The normalized spacial score (nSPS) is 27.0. The van der Waals surface area contributed by atoms with E-state index in [1.54, 1.807) is 6.92 Å². The molecule has 0 saturated carbocycles. The van der Waals surface area contributed by atoms with E-state index in [1.807, 2.05) is 18.7 Å². The summed E-state index contributed by atoms with van der Waals surface area (Å²) in [6.07, 6.45) is 2.21. The lowest BCUT2D eigenvalue weighted by atomic mass is 9.86. The molecular weight excluding hydrogens is 469 g/mol. The van der Waals surface area contributed by atoms with Crippen LogP contribution < -0.4 is 0 Å². The molecule has 0 radical (unpaired) electrons. The Kier molecular flexibility index (Phi) is 8.22. The van der Waals surface area contributed by atoms with Gasteiger partial charge in [-0.1, -0.05) is 63.3 Å². The minimum Gasteiger partial charge on any atom is -0.413 e. The third-order valence-corrected chi connectivity index (χ3v) is 11.3. The van der Waals surface area contributed by atoms with E-state index < -0.39 is 14.0 Å². The van der Waals surface area contributed by atoms with Crippen LogP contribution >= 0.6 is 22.6 Å². The highest BCUT2D eigenvalue weighted by molar-refractivity contribution is 14.1. The van der Waals surface area contributed by atoms with Gasteiger partial charge in [-0.25, -0.2) is 0 Å². The first kappa shape index (κ1) is 25.1. The van der Waals surface area contributed by atoms with Crippen LogP contribution in [0.15, 0.2) is 10.2 Å². The van der Waals surface area contributed by atoms with E-state index in [0.717, 1.165) is 0 Å². The first-order valence-electron chi connectivity index (χ1n) is 9.99. The summed E-state index contributed by atoms with van der Waals surface area (Å²) < 4.78 is 15.4. The van der Waals surface area contributed by atoms with Crippen LogP contribution in [-0.2, 0) is 14.0 Å². The van der Waals surface area contributed by atoms with E-state index in [-0.39, 0.29) is 41.0 Å². The SMILES string of the molecule is CC(=O)N1[C@H](C)[C@H]([C@@H](C)[C@H](O[Si](C)(C)C(C)(C)C)[C@H](C)/C=C/I)OC1(C)C. The Bertz CT molecular complexity index is 556. The molecule has 1 rings (SSSR count). The van der Waals surface area contributed by atoms with Crippen molar-refractivity contribution in [3.05, 3.63) is 10.2 Å². The maximum Gasteiger partial charge on any atom is 0.222 e. The second-order valence-corrected chi connectivity index (χ2v) is 15.5. The molecule has 1 aliphatic rings. The topological polar surface area (TPSA) is 38.8 Å². The highest BCUT2D eigenvalue weighted by atomic mass is 127. The van der Waals surface area contributed by atoms with Crippen molar-refractivity contribution in [1.82, 2.24) is 4.90 Å². The van der Waals surface area contributed by atoms with E-state index in [4.69, 9.17) is 9.16 Å². The van der Waals surface area contributed by atoms with Gasteiger partial charge in [0.1, 0.15) is 5.72 Å². The van der Waals surface area contributed by atoms with Crippen LogP contribution in [0.4, 0.5) is 0 Å². The zero-order valence-electron chi connectivity index (χ0n) is 19.1. The summed E-state index contributed by atoms with van der Waals surface area (Å²) in [5, 5.41) is 0.144. The lowest BCUT2D eigenvalue weighted by Crippen LogP contribution is -2.50. The van der Waals surface area contributed by atoms with Crippen molar-refractivity contribution in [3.8, 4) is 0 Å². The van der Waals surface area contributed by atoms with Gasteiger partial charge in [0, 0.05) is 18.8 Å². The monoisotopic (exact) mass is 509 g/mol. The number of hydrogen-bond acceptors (Lipinski definition) is 3. The van der Waals surface area contributed by atoms with Gasteiger partial charge in [0.2, 0.25) is 5.91 Å². The van der Waals surface area contributed by atoms with Gasteiger partial charge in [0.15, 0.2) is 8.32 Å². The molecule has 0 bridgehead atoms. The number of ether oxygens (including phenoxy) is 1. The summed E-state index contributed by atoms with van der Waals surface area (Å²) in [5.74, 6) is 0.501. The lowest BCUT2D eigenvalue weighted by molar-refractivity contribution is -0.146. The van der Waals surface area contributed by atoms with Gasteiger partial charge >= 0.3 is 0 Å². The van der Waals surface area contributed by atoms with Crippen molar-refractivity contribution in [3.63, 3.8) is 0 Å². The quantitative estimate of drug-likeness (QED) is 0.327. The van der Waals surface area contributed by atoms with Gasteiger partial charge in [0.25, 0.3) is 0 Å². The second kappa shape index (κ2) is 8.84. The molecule has 27 heavy (non-hydrogen) atoms. The fourth-order valence-corrected chi connectivity index (χ4v) is 6.08. The molecule has 0 unspecified atom stereocenters. The molecule has 0 spiro atoms. The Morgan fingerprint density at radius 2 is 1.81 bits per heavy atom. The number of nitrogens with zero attached hydrogens (tertiary/aromatic N) is 1. The number of rotatable bonds is 6. The van der Waals surface area contributed by atoms with Crippen molar-refractivity contribution in [2.75, 3.05) is 0 Å². The summed E-state index contributed by atoms with van der Waals surface area (Å²) in [4.78, 5) is 14.1. The van der Waals surface area contributed by atoms with Crippen molar-refractivity contribution >= 4 is 36.8 Å². The average Bonchev–Trinajstić information content (AvgIpc) is 2.72. The summed E-state index contributed by atoms with van der Waals surface area (Å²) in [6.45, 7) is 23.5. The van der Waals surface area contributed by atoms with Crippen LogP contribution in [0.1, 0.15) is 62.3 Å². The number of hydrogen-bond donors (Lipinski definition) is 0. The minimum absolute atomic E-state index is 0.0220.